The fraction of sp³-hybridized carbons (Fsp3) is 0.611. The van der Waals surface area contributed by atoms with E-state index in [9.17, 15) is 5.11 Å². The molecule has 4 heterocycles. The maximum Gasteiger partial charge on any atom is 0.134 e. The van der Waals surface area contributed by atoms with Crippen molar-refractivity contribution in [3.05, 3.63) is 30.6 Å². The third kappa shape index (κ3) is 3.52. The highest BCUT2D eigenvalue weighted by molar-refractivity contribution is 5.51. The van der Waals surface area contributed by atoms with Crippen LogP contribution in [0.15, 0.2) is 24.8 Å². The lowest BCUT2D eigenvalue weighted by atomic mass is 10.2. The largest absolute Gasteiger partial charge is 0.394 e. The van der Waals surface area contributed by atoms with Crippen molar-refractivity contribution in [1.82, 2.24) is 24.4 Å². The molecule has 0 aliphatic carbocycles. The molecule has 2 aliphatic rings. The Morgan fingerprint density at radius 1 is 1.08 bits per heavy atom. The molecule has 8 heteroatoms. The van der Waals surface area contributed by atoms with Gasteiger partial charge in [0.1, 0.15) is 23.8 Å². The molecular weight excluding hydrogens is 330 g/mol. The van der Waals surface area contributed by atoms with E-state index < -0.39 is 0 Å². The highest BCUT2D eigenvalue weighted by Crippen LogP contribution is 2.26. The van der Waals surface area contributed by atoms with Crippen LogP contribution >= 0.6 is 0 Å². The first kappa shape index (κ1) is 17.2. The number of aliphatic hydroxyl groups excluding tert-OH is 1. The van der Waals surface area contributed by atoms with Crippen LogP contribution in [0.2, 0.25) is 0 Å². The summed E-state index contributed by atoms with van der Waals surface area (Å²) in [7, 11) is 2.04. The van der Waals surface area contributed by atoms with Gasteiger partial charge < -0.3 is 19.5 Å². The van der Waals surface area contributed by atoms with Crippen molar-refractivity contribution in [2.45, 2.75) is 25.4 Å². The summed E-state index contributed by atoms with van der Waals surface area (Å²) in [5, 5.41) is 9.56. The van der Waals surface area contributed by atoms with Gasteiger partial charge in [0, 0.05) is 58.2 Å². The number of piperazine rings is 1. The number of aryl methyl sites for hydroxylation is 1. The lowest BCUT2D eigenvalue weighted by molar-refractivity contribution is 0.241. The van der Waals surface area contributed by atoms with Crippen LogP contribution in [0.1, 0.15) is 18.7 Å². The molecule has 2 aliphatic heterocycles. The number of hydrogen-bond acceptors (Lipinski definition) is 7. The lowest BCUT2D eigenvalue weighted by Crippen LogP contribution is -2.46. The number of anilines is 2. The zero-order chi connectivity index (χ0) is 17.9. The Balaban J connectivity index is 1.38. The van der Waals surface area contributed by atoms with Gasteiger partial charge in [-0.3, -0.25) is 4.90 Å². The molecule has 140 valence electrons. The van der Waals surface area contributed by atoms with Crippen LogP contribution in [-0.2, 0) is 13.6 Å². The zero-order valence-electron chi connectivity index (χ0n) is 15.3. The standard InChI is InChI=1S/C18H27N7O/c1-22-6-4-19-18(22)12-23-7-9-24(10-8-23)16-11-17(21-14-20-16)25-5-2-3-15(25)13-26/h4,6,11,14-15,26H,2-3,5,7-10,12-13H2,1H3. The minimum Gasteiger partial charge on any atom is -0.394 e. The van der Waals surface area contributed by atoms with E-state index in [2.05, 4.69) is 40.3 Å². The second-order valence-corrected chi connectivity index (χ2v) is 7.12. The van der Waals surface area contributed by atoms with Crippen molar-refractivity contribution < 1.29 is 5.11 Å². The summed E-state index contributed by atoms with van der Waals surface area (Å²) in [5.41, 5.74) is 0. The van der Waals surface area contributed by atoms with E-state index in [4.69, 9.17) is 0 Å². The molecule has 4 rings (SSSR count). The van der Waals surface area contributed by atoms with E-state index in [0.717, 1.165) is 69.6 Å². The summed E-state index contributed by atoms with van der Waals surface area (Å²) < 4.78 is 2.08. The molecule has 0 bridgehead atoms. The first-order valence-electron chi connectivity index (χ1n) is 9.37. The number of aromatic nitrogens is 4. The third-order valence-electron chi connectivity index (χ3n) is 5.50. The second-order valence-electron chi connectivity index (χ2n) is 7.12. The molecule has 2 fully saturated rings. The lowest BCUT2D eigenvalue weighted by Gasteiger charge is -2.35. The Bertz CT molecular complexity index is 726. The predicted octanol–water partition coefficient (Wildman–Crippen LogP) is 0.493. The predicted molar refractivity (Wildman–Crippen MR) is 100 cm³/mol. The SMILES string of the molecule is Cn1ccnc1CN1CCN(c2cc(N3CCCC3CO)ncn2)CC1. The minimum absolute atomic E-state index is 0.186. The van der Waals surface area contributed by atoms with Crippen molar-refractivity contribution in [3.63, 3.8) is 0 Å². The fourth-order valence-electron chi connectivity index (χ4n) is 3.88. The molecule has 26 heavy (non-hydrogen) atoms. The average molecular weight is 357 g/mol. The number of nitrogens with zero attached hydrogens (tertiary/aromatic N) is 7. The maximum absolute atomic E-state index is 9.56. The molecule has 2 saturated heterocycles. The zero-order valence-corrected chi connectivity index (χ0v) is 15.3. The van der Waals surface area contributed by atoms with Gasteiger partial charge in [-0.25, -0.2) is 15.0 Å². The molecule has 0 spiro atoms. The molecule has 2 aromatic heterocycles. The quantitative estimate of drug-likeness (QED) is 0.835. The van der Waals surface area contributed by atoms with Crippen LogP contribution in [0.5, 0.6) is 0 Å². The monoisotopic (exact) mass is 357 g/mol. The van der Waals surface area contributed by atoms with E-state index >= 15 is 0 Å². The van der Waals surface area contributed by atoms with Gasteiger partial charge in [0.25, 0.3) is 0 Å². The fourth-order valence-corrected chi connectivity index (χ4v) is 3.88. The van der Waals surface area contributed by atoms with Crippen molar-refractivity contribution >= 4 is 11.6 Å². The van der Waals surface area contributed by atoms with E-state index in [1.54, 1.807) is 6.33 Å². The van der Waals surface area contributed by atoms with Crippen molar-refractivity contribution in [2.24, 2.45) is 7.05 Å². The summed E-state index contributed by atoms with van der Waals surface area (Å²) in [5.74, 6) is 3.02. The summed E-state index contributed by atoms with van der Waals surface area (Å²) >= 11 is 0. The second kappa shape index (κ2) is 7.59. The van der Waals surface area contributed by atoms with Crippen molar-refractivity contribution in [1.29, 1.82) is 0 Å². The van der Waals surface area contributed by atoms with E-state index in [-0.39, 0.29) is 12.6 Å². The smallest absolute Gasteiger partial charge is 0.134 e. The normalized spacial score (nSPS) is 21.5. The first-order chi connectivity index (χ1) is 12.7. The van der Waals surface area contributed by atoms with Gasteiger partial charge >= 0.3 is 0 Å². The molecule has 1 N–H and O–H groups in total. The van der Waals surface area contributed by atoms with Gasteiger partial charge in [-0.2, -0.15) is 0 Å². The Labute approximate surface area is 154 Å². The molecule has 0 amide bonds. The van der Waals surface area contributed by atoms with Crippen LogP contribution in [0.3, 0.4) is 0 Å². The molecule has 1 unspecified atom stereocenters. The van der Waals surface area contributed by atoms with Crippen LogP contribution in [-0.4, -0.2) is 74.9 Å². The van der Waals surface area contributed by atoms with Crippen LogP contribution < -0.4 is 9.80 Å². The molecular formula is C18H27N7O. The van der Waals surface area contributed by atoms with Crippen LogP contribution in [0.4, 0.5) is 11.6 Å². The molecule has 2 aromatic rings. The maximum atomic E-state index is 9.56. The summed E-state index contributed by atoms with van der Waals surface area (Å²) in [4.78, 5) is 20.3. The van der Waals surface area contributed by atoms with Gasteiger partial charge in [0.05, 0.1) is 19.2 Å². The van der Waals surface area contributed by atoms with Crippen molar-refractivity contribution in [3.8, 4) is 0 Å². The van der Waals surface area contributed by atoms with Crippen molar-refractivity contribution in [2.75, 3.05) is 49.1 Å². The average Bonchev–Trinajstić information content (AvgIpc) is 3.31. The van der Waals surface area contributed by atoms with Gasteiger partial charge in [-0.15, -0.1) is 0 Å². The molecule has 0 aromatic carbocycles. The molecule has 1 atom stereocenters. The molecule has 0 radical (unpaired) electrons. The van der Waals surface area contributed by atoms with Gasteiger partial charge in [-0.1, -0.05) is 0 Å². The summed E-state index contributed by atoms with van der Waals surface area (Å²) in [6, 6.07) is 2.26. The summed E-state index contributed by atoms with van der Waals surface area (Å²) in [6.45, 7) is 5.92. The van der Waals surface area contributed by atoms with E-state index in [1.807, 2.05) is 19.4 Å². The first-order valence-corrected chi connectivity index (χ1v) is 9.37. The third-order valence-corrected chi connectivity index (χ3v) is 5.50. The van der Waals surface area contributed by atoms with Gasteiger partial charge in [0.2, 0.25) is 0 Å². The Morgan fingerprint density at radius 3 is 2.62 bits per heavy atom. The highest BCUT2D eigenvalue weighted by atomic mass is 16.3. The Morgan fingerprint density at radius 2 is 1.88 bits per heavy atom. The molecule has 0 saturated carbocycles. The minimum atomic E-state index is 0.186. The summed E-state index contributed by atoms with van der Waals surface area (Å²) in [6.07, 6.45) is 7.63. The van der Waals surface area contributed by atoms with Crippen LogP contribution in [0, 0.1) is 0 Å². The number of aliphatic hydroxyl groups is 1. The number of imidazole rings is 1. The highest BCUT2D eigenvalue weighted by Gasteiger charge is 2.26. The van der Waals surface area contributed by atoms with E-state index in [0.29, 0.717) is 0 Å². The molecule has 8 nitrogen and oxygen atoms in total. The number of rotatable bonds is 5. The van der Waals surface area contributed by atoms with Crippen LogP contribution in [0.25, 0.3) is 0 Å². The van der Waals surface area contributed by atoms with Gasteiger partial charge in [-0.05, 0) is 12.8 Å². The topological polar surface area (TPSA) is 73.6 Å². The number of hydrogen-bond donors (Lipinski definition) is 1. The Hall–Kier alpha value is -2.19. The van der Waals surface area contributed by atoms with Gasteiger partial charge in [0.15, 0.2) is 0 Å². The Kier molecular flexibility index (Phi) is 5.03. The van der Waals surface area contributed by atoms with E-state index in [1.165, 1.54) is 0 Å².